The molecule has 0 bridgehead atoms. The number of nitrogens with zero attached hydrogens (tertiary/aromatic N) is 1. The van der Waals surface area contributed by atoms with Crippen molar-refractivity contribution < 1.29 is 23.5 Å². The maximum Gasteiger partial charge on any atom is 0.326 e. The summed E-state index contributed by atoms with van der Waals surface area (Å²) in [7, 11) is 0. The monoisotopic (exact) mass is 404 g/mol. The Balaban J connectivity index is 1.69. The fourth-order valence-electron chi connectivity index (χ4n) is 4.40. The molecule has 1 saturated heterocycles. The van der Waals surface area contributed by atoms with Crippen molar-refractivity contribution in [2.75, 3.05) is 6.54 Å². The molecule has 2 aliphatic rings. The number of esters is 1. The number of imide groups is 1. The van der Waals surface area contributed by atoms with E-state index in [1.54, 1.807) is 6.92 Å². The number of nitrogens with one attached hydrogen (secondary N) is 1. The molecule has 1 saturated carbocycles. The number of hydrogen-bond acceptors (Lipinski definition) is 4. The molecule has 4 unspecified atom stereocenters. The van der Waals surface area contributed by atoms with Gasteiger partial charge in [-0.2, -0.15) is 0 Å². The van der Waals surface area contributed by atoms with Crippen molar-refractivity contribution in [2.45, 2.75) is 58.6 Å². The van der Waals surface area contributed by atoms with Crippen molar-refractivity contribution in [3.63, 3.8) is 0 Å². The molecule has 1 N–H and O–H groups in total. The van der Waals surface area contributed by atoms with E-state index in [1.807, 2.05) is 0 Å². The van der Waals surface area contributed by atoms with Crippen LogP contribution in [0, 0.1) is 23.6 Å². The van der Waals surface area contributed by atoms with Gasteiger partial charge in [-0.3, -0.25) is 14.5 Å². The maximum atomic E-state index is 13.2. The molecule has 1 aliphatic carbocycles. The average Bonchev–Trinajstić information content (AvgIpc) is 2.86. The lowest BCUT2D eigenvalue weighted by atomic mass is 9.75. The van der Waals surface area contributed by atoms with Gasteiger partial charge in [0, 0.05) is 0 Å². The molecule has 1 aromatic carbocycles. The maximum absolute atomic E-state index is 13.2. The van der Waals surface area contributed by atoms with Crippen LogP contribution in [0.2, 0.25) is 0 Å². The van der Waals surface area contributed by atoms with Gasteiger partial charge in [-0.05, 0) is 55.2 Å². The second-order valence-electron chi connectivity index (χ2n) is 8.81. The lowest BCUT2D eigenvalue weighted by Crippen LogP contribution is -2.43. The van der Waals surface area contributed by atoms with Gasteiger partial charge in [-0.1, -0.05) is 39.3 Å². The summed E-state index contributed by atoms with van der Waals surface area (Å²) in [5, 5.41) is 2.62. The zero-order chi connectivity index (χ0) is 21.3. The number of rotatable bonds is 5. The quantitative estimate of drug-likeness (QED) is 0.601. The Labute approximate surface area is 170 Å². The summed E-state index contributed by atoms with van der Waals surface area (Å²) < 4.78 is 18.9. The van der Waals surface area contributed by atoms with E-state index in [0.717, 1.165) is 24.2 Å². The van der Waals surface area contributed by atoms with Gasteiger partial charge in [-0.15, -0.1) is 0 Å². The van der Waals surface area contributed by atoms with Gasteiger partial charge in [0.05, 0.1) is 0 Å². The van der Waals surface area contributed by atoms with Crippen LogP contribution in [0.5, 0.6) is 0 Å². The second kappa shape index (κ2) is 8.13. The molecule has 1 heterocycles. The van der Waals surface area contributed by atoms with E-state index in [2.05, 4.69) is 26.1 Å². The van der Waals surface area contributed by atoms with Crippen LogP contribution in [-0.4, -0.2) is 35.5 Å². The fraction of sp³-hybridized carbons (Fsp3) is 0.591. The number of ether oxygens (including phenoxy) is 1. The standard InChI is InChI=1S/C22H29FN2O4/c1-13(2)17-10-5-14(3)11-18(17)29-19(26)12-25-20(27)22(4,24-21(25)28)15-6-8-16(23)9-7-15/h6-9,13-14,17-18H,5,10-12H2,1-4H3,(H,24,28). The van der Waals surface area contributed by atoms with Crippen LogP contribution >= 0.6 is 0 Å². The molecule has 0 aromatic heterocycles. The van der Waals surface area contributed by atoms with Crippen molar-refractivity contribution >= 4 is 17.9 Å². The Bertz CT molecular complexity index is 795. The van der Waals surface area contributed by atoms with Crippen molar-refractivity contribution in [1.29, 1.82) is 0 Å². The Morgan fingerprint density at radius 3 is 2.55 bits per heavy atom. The SMILES string of the molecule is CC1CCC(C(C)C)C(OC(=O)CN2C(=O)NC(C)(c3ccc(F)cc3)C2=O)C1. The van der Waals surface area contributed by atoms with Crippen molar-refractivity contribution in [3.8, 4) is 0 Å². The number of carbonyl (C=O) groups excluding carboxylic acids is 3. The molecule has 1 aliphatic heterocycles. The number of halogens is 1. The highest BCUT2D eigenvalue weighted by Crippen LogP contribution is 2.35. The van der Waals surface area contributed by atoms with Crippen molar-refractivity contribution in [3.05, 3.63) is 35.6 Å². The van der Waals surface area contributed by atoms with E-state index in [9.17, 15) is 18.8 Å². The summed E-state index contributed by atoms with van der Waals surface area (Å²) in [4.78, 5) is 38.8. The topological polar surface area (TPSA) is 75.7 Å². The third kappa shape index (κ3) is 4.28. The minimum absolute atomic E-state index is 0.199. The minimum atomic E-state index is -1.34. The molecule has 29 heavy (non-hydrogen) atoms. The highest BCUT2D eigenvalue weighted by atomic mass is 19.1. The Hall–Kier alpha value is -2.44. The number of urea groups is 1. The summed E-state index contributed by atoms with van der Waals surface area (Å²) in [5.74, 6) is -0.427. The van der Waals surface area contributed by atoms with E-state index in [1.165, 1.54) is 24.3 Å². The van der Waals surface area contributed by atoms with Gasteiger partial charge in [0.2, 0.25) is 0 Å². The first kappa shape index (κ1) is 21.3. The van der Waals surface area contributed by atoms with E-state index in [0.29, 0.717) is 17.4 Å². The summed E-state index contributed by atoms with van der Waals surface area (Å²) in [6.07, 6.45) is 2.71. The van der Waals surface area contributed by atoms with Gasteiger partial charge >= 0.3 is 12.0 Å². The van der Waals surface area contributed by atoms with Gasteiger partial charge < -0.3 is 10.1 Å². The Kier molecular flexibility index (Phi) is 5.96. The molecule has 3 amide bonds. The van der Waals surface area contributed by atoms with Crippen LogP contribution in [-0.2, 0) is 19.9 Å². The van der Waals surface area contributed by atoms with Crippen LogP contribution in [0.15, 0.2) is 24.3 Å². The summed E-state index contributed by atoms with van der Waals surface area (Å²) in [5.41, 5.74) is -0.890. The van der Waals surface area contributed by atoms with Gasteiger partial charge in [0.1, 0.15) is 24.0 Å². The highest BCUT2D eigenvalue weighted by molar-refractivity contribution is 6.08. The molecule has 6 nitrogen and oxygen atoms in total. The van der Waals surface area contributed by atoms with Crippen LogP contribution in [0.3, 0.4) is 0 Å². The zero-order valence-electron chi connectivity index (χ0n) is 17.4. The van der Waals surface area contributed by atoms with Crippen molar-refractivity contribution in [2.24, 2.45) is 17.8 Å². The van der Waals surface area contributed by atoms with E-state index < -0.39 is 35.8 Å². The lowest BCUT2D eigenvalue weighted by molar-refractivity contribution is -0.158. The normalized spacial score (nSPS) is 29.9. The second-order valence-corrected chi connectivity index (χ2v) is 8.81. The Morgan fingerprint density at radius 2 is 1.93 bits per heavy atom. The van der Waals surface area contributed by atoms with Gasteiger partial charge in [0.25, 0.3) is 5.91 Å². The Morgan fingerprint density at radius 1 is 1.28 bits per heavy atom. The van der Waals surface area contributed by atoms with Crippen LogP contribution in [0.1, 0.15) is 52.5 Å². The van der Waals surface area contributed by atoms with Crippen molar-refractivity contribution in [1.82, 2.24) is 10.2 Å². The highest BCUT2D eigenvalue weighted by Gasteiger charge is 2.50. The molecule has 0 radical (unpaired) electrons. The number of hydrogen-bond donors (Lipinski definition) is 1. The number of carbonyl (C=O) groups is 3. The molecule has 2 fully saturated rings. The van der Waals surface area contributed by atoms with Gasteiger partial charge in [0.15, 0.2) is 0 Å². The predicted molar refractivity (Wildman–Crippen MR) is 105 cm³/mol. The van der Waals surface area contributed by atoms with E-state index in [4.69, 9.17) is 4.74 Å². The molecule has 4 atom stereocenters. The lowest BCUT2D eigenvalue weighted by Gasteiger charge is -2.36. The van der Waals surface area contributed by atoms with E-state index in [-0.39, 0.29) is 12.0 Å². The summed E-state index contributed by atoms with van der Waals surface area (Å²) >= 11 is 0. The minimum Gasteiger partial charge on any atom is -0.461 e. The third-order valence-corrected chi connectivity index (χ3v) is 6.23. The average molecular weight is 404 g/mol. The largest absolute Gasteiger partial charge is 0.461 e. The van der Waals surface area contributed by atoms with Gasteiger partial charge in [-0.25, -0.2) is 9.18 Å². The zero-order valence-corrected chi connectivity index (χ0v) is 17.4. The van der Waals surface area contributed by atoms with E-state index >= 15 is 0 Å². The smallest absolute Gasteiger partial charge is 0.326 e. The molecule has 158 valence electrons. The van der Waals surface area contributed by atoms with Crippen LogP contribution < -0.4 is 5.32 Å². The fourth-order valence-corrected chi connectivity index (χ4v) is 4.40. The molecular formula is C22H29FN2O4. The van der Waals surface area contributed by atoms with Crippen LogP contribution in [0.4, 0.5) is 9.18 Å². The van der Waals surface area contributed by atoms with Crippen LogP contribution in [0.25, 0.3) is 0 Å². The first-order valence-corrected chi connectivity index (χ1v) is 10.2. The molecule has 3 rings (SSSR count). The summed E-state index contributed by atoms with van der Waals surface area (Å²) in [6.45, 7) is 7.49. The number of benzene rings is 1. The first-order chi connectivity index (χ1) is 13.6. The number of amides is 3. The third-order valence-electron chi connectivity index (χ3n) is 6.23. The molecule has 0 spiro atoms. The first-order valence-electron chi connectivity index (χ1n) is 10.2. The molecular weight excluding hydrogens is 375 g/mol. The molecule has 7 heteroatoms. The molecule has 1 aromatic rings. The summed E-state index contributed by atoms with van der Waals surface area (Å²) in [6, 6.07) is 4.70. The predicted octanol–water partition coefficient (Wildman–Crippen LogP) is 3.60.